The van der Waals surface area contributed by atoms with Crippen LogP contribution in [-0.4, -0.2) is 48.4 Å². The predicted molar refractivity (Wildman–Crippen MR) is 85.7 cm³/mol. The Bertz CT molecular complexity index is 651. The Morgan fingerprint density at radius 3 is 2.90 bits per heavy atom. The molecule has 1 atom stereocenters. The average molecular weight is 396 g/mol. The van der Waals surface area contributed by atoms with Gasteiger partial charge in [0.25, 0.3) is 5.91 Å². The number of rotatable bonds is 3. The van der Waals surface area contributed by atoms with Crippen LogP contribution in [0.2, 0.25) is 0 Å². The average Bonchev–Trinajstić information content (AvgIpc) is 2.49. The van der Waals surface area contributed by atoms with E-state index in [0.717, 1.165) is 0 Å². The molecule has 0 aromatic heterocycles. The fraction of sp³-hybridized carbons (Fsp3) is 0.462. The van der Waals surface area contributed by atoms with Crippen molar-refractivity contribution in [3.8, 4) is 0 Å². The summed E-state index contributed by atoms with van der Waals surface area (Å²) in [5.41, 5.74) is -0.104. The third kappa shape index (κ3) is 3.60. The Kier molecular flexibility index (Phi) is 5.32. The summed E-state index contributed by atoms with van der Waals surface area (Å²) in [6.45, 7) is 1.86. The molecule has 1 aromatic carbocycles. The van der Waals surface area contributed by atoms with Crippen molar-refractivity contribution in [2.24, 2.45) is 0 Å². The molecule has 8 heteroatoms. The van der Waals surface area contributed by atoms with Crippen molar-refractivity contribution >= 4 is 43.4 Å². The zero-order valence-electron chi connectivity index (χ0n) is 11.4. The van der Waals surface area contributed by atoms with E-state index in [4.69, 9.17) is 0 Å². The highest BCUT2D eigenvalue weighted by Gasteiger charge is 2.36. The molecule has 0 radical (unpaired) electrons. The quantitative estimate of drug-likeness (QED) is 0.788. The second-order valence-corrected chi connectivity index (χ2v) is 9.12. The van der Waals surface area contributed by atoms with E-state index in [-0.39, 0.29) is 11.3 Å². The number of benzene rings is 1. The lowest BCUT2D eigenvalue weighted by atomic mass is 10.2. The number of carbonyl (C=O) groups excluding carboxylic acids is 1. The first kappa shape index (κ1) is 16.8. The van der Waals surface area contributed by atoms with Gasteiger partial charge < -0.3 is 4.90 Å². The number of sulfone groups is 1. The van der Waals surface area contributed by atoms with E-state index in [1.807, 2.05) is 0 Å². The number of nitrogens with zero attached hydrogens (tertiary/aromatic N) is 1. The molecule has 0 bridgehead atoms. The van der Waals surface area contributed by atoms with Gasteiger partial charge in [0, 0.05) is 28.3 Å². The van der Waals surface area contributed by atoms with Crippen molar-refractivity contribution < 1.29 is 17.6 Å². The standard InChI is InChI=1S/C13H15BrFNO3S2/c1-2-21(18,19)12-8-20-6-5-16(12)13(17)10-7-9(14)3-4-11(10)15/h3-4,7,12H,2,5-6,8H2,1H3. The minimum absolute atomic E-state index is 0.0387. The summed E-state index contributed by atoms with van der Waals surface area (Å²) in [6, 6.07) is 4.08. The van der Waals surface area contributed by atoms with Gasteiger partial charge >= 0.3 is 0 Å². The maximum absolute atomic E-state index is 13.9. The minimum atomic E-state index is -3.40. The van der Waals surface area contributed by atoms with Gasteiger partial charge in [0.2, 0.25) is 0 Å². The molecule has 2 rings (SSSR count). The first-order valence-corrected chi connectivity index (χ1v) is 10.1. The highest BCUT2D eigenvalue weighted by Crippen LogP contribution is 2.25. The van der Waals surface area contributed by atoms with Crippen molar-refractivity contribution in [1.82, 2.24) is 4.90 Å². The zero-order valence-corrected chi connectivity index (χ0v) is 14.6. The summed E-state index contributed by atoms with van der Waals surface area (Å²) in [7, 11) is -3.40. The molecule has 1 amide bonds. The van der Waals surface area contributed by atoms with Gasteiger partial charge in [0.1, 0.15) is 11.2 Å². The highest BCUT2D eigenvalue weighted by molar-refractivity contribution is 9.10. The first-order valence-electron chi connectivity index (χ1n) is 6.42. The molecule has 1 heterocycles. The number of amides is 1. The molecule has 1 unspecified atom stereocenters. The fourth-order valence-corrected chi connectivity index (χ4v) is 5.45. The summed E-state index contributed by atoms with van der Waals surface area (Å²) in [5.74, 6) is -0.275. The number of carbonyl (C=O) groups is 1. The van der Waals surface area contributed by atoms with E-state index >= 15 is 0 Å². The van der Waals surface area contributed by atoms with E-state index in [1.54, 1.807) is 6.92 Å². The third-order valence-electron chi connectivity index (χ3n) is 3.32. The van der Waals surface area contributed by atoms with Crippen molar-refractivity contribution in [2.45, 2.75) is 12.3 Å². The smallest absolute Gasteiger partial charge is 0.257 e. The van der Waals surface area contributed by atoms with Gasteiger partial charge in [0.05, 0.1) is 5.56 Å². The van der Waals surface area contributed by atoms with Crippen molar-refractivity contribution in [3.05, 3.63) is 34.1 Å². The SMILES string of the molecule is CCS(=O)(=O)C1CSCCN1C(=O)c1cc(Br)ccc1F. The first-order chi connectivity index (χ1) is 9.86. The molecule has 21 heavy (non-hydrogen) atoms. The maximum atomic E-state index is 13.9. The highest BCUT2D eigenvalue weighted by atomic mass is 79.9. The van der Waals surface area contributed by atoms with Crippen molar-refractivity contribution in [2.75, 3.05) is 23.8 Å². The monoisotopic (exact) mass is 395 g/mol. The summed E-state index contributed by atoms with van der Waals surface area (Å²) >= 11 is 4.69. The normalized spacial score (nSPS) is 19.6. The molecule has 4 nitrogen and oxygen atoms in total. The van der Waals surface area contributed by atoms with Crippen LogP contribution in [-0.2, 0) is 9.84 Å². The fourth-order valence-electron chi connectivity index (χ4n) is 2.12. The number of halogens is 2. The van der Waals surface area contributed by atoms with E-state index < -0.39 is 26.9 Å². The van der Waals surface area contributed by atoms with E-state index in [1.165, 1.54) is 34.9 Å². The van der Waals surface area contributed by atoms with E-state index in [0.29, 0.717) is 22.5 Å². The minimum Gasteiger partial charge on any atom is -0.320 e. The van der Waals surface area contributed by atoms with E-state index in [9.17, 15) is 17.6 Å². The van der Waals surface area contributed by atoms with Crippen LogP contribution in [0.25, 0.3) is 0 Å². The van der Waals surface area contributed by atoms with Gasteiger partial charge in [0.15, 0.2) is 9.84 Å². The largest absolute Gasteiger partial charge is 0.320 e. The van der Waals surface area contributed by atoms with Gasteiger partial charge in [-0.2, -0.15) is 11.8 Å². The van der Waals surface area contributed by atoms with Gasteiger partial charge in [-0.1, -0.05) is 22.9 Å². The Hall–Kier alpha value is -0.600. The van der Waals surface area contributed by atoms with Gasteiger partial charge in [-0.15, -0.1) is 0 Å². The lowest BCUT2D eigenvalue weighted by Gasteiger charge is -2.34. The van der Waals surface area contributed by atoms with Crippen LogP contribution in [0.3, 0.4) is 0 Å². The Morgan fingerprint density at radius 1 is 1.52 bits per heavy atom. The van der Waals surface area contributed by atoms with Gasteiger partial charge in [-0.05, 0) is 18.2 Å². The second kappa shape index (κ2) is 6.66. The lowest BCUT2D eigenvalue weighted by Crippen LogP contribution is -2.50. The van der Waals surface area contributed by atoms with Crippen LogP contribution < -0.4 is 0 Å². The summed E-state index contributed by atoms with van der Waals surface area (Å²) in [4.78, 5) is 13.8. The molecule has 116 valence electrons. The molecular formula is C13H15BrFNO3S2. The topological polar surface area (TPSA) is 54.5 Å². The molecule has 0 N–H and O–H groups in total. The summed E-state index contributed by atoms with van der Waals surface area (Å²) in [5, 5.41) is -0.882. The third-order valence-corrected chi connectivity index (χ3v) is 7.10. The Labute approximate surface area is 136 Å². The summed E-state index contributed by atoms with van der Waals surface area (Å²) in [6.07, 6.45) is 0. The number of hydrogen-bond acceptors (Lipinski definition) is 4. The lowest BCUT2D eigenvalue weighted by molar-refractivity contribution is 0.0744. The molecular weight excluding hydrogens is 381 g/mol. The van der Waals surface area contributed by atoms with Crippen molar-refractivity contribution in [1.29, 1.82) is 0 Å². The van der Waals surface area contributed by atoms with Crippen LogP contribution in [0.15, 0.2) is 22.7 Å². The molecule has 1 saturated heterocycles. The molecule has 0 aliphatic carbocycles. The van der Waals surface area contributed by atoms with Crippen LogP contribution >= 0.6 is 27.7 Å². The molecule has 0 saturated carbocycles. The van der Waals surface area contributed by atoms with Crippen LogP contribution in [0, 0.1) is 5.82 Å². The maximum Gasteiger partial charge on any atom is 0.257 e. The number of thioether (sulfide) groups is 1. The second-order valence-electron chi connectivity index (χ2n) is 4.60. The van der Waals surface area contributed by atoms with Crippen molar-refractivity contribution in [3.63, 3.8) is 0 Å². The predicted octanol–water partition coefficient (Wildman–Crippen LogP) is 2.54. The summed E-state index contributed by atoms with van der Waals surface area (Å²) < 4.78 is 38.7. The van der Waals surface area contributed by atoms with Crippen LogP contribution in [0.5, 0.6) is 0 Å². The Balaban J connectivity index is 2.37. The number of hydrogen-bond donors (Lipinski definition) is 0. The Morgan fingerprint density at radius 2 is 2.24 bits per heavy atom. The van der Waals surface area contributed by atoms with Crippen LogP contribution in [0.4, 0.5) is 4.39 Å². The molecule has 0 spiro atoms. The molecule has 1 aliphatic heterocycles. The molecule has 1 aliphatic rings. The van der Waals surface area contributed by atoms with Crippen LogP contribution in [0.1, 0.15) is 17.3 Å². The van der Waals surface area contributed by atoms with E-state index in [2.05, 4.69) is 15.9 Å². The zero-order chi connectivity index (χ0) is 15.6. The molecule has 1 aromatic rings. The van der Waals surface area contributed by atoms with Gasteiger partial charge in [-0.3, -0.25) is 4.79 Å². The van der Waals surface area contributed by atoms with Gasteiger partial charge in [-0.25, -0.2) is 12.8 Å². The molecule has 1 fully saturated rings.